The Bertz CT molecular complexity index is 604. The zero-order chi connectivity index (χ0) is 15.4. The number of anilines is 2. The first-order chi connectivity index (χ1) is 9.38. The molecule has 0 unspecified atom stereocenters. The fraction of sp³-hybridized carbons (Fsp3) is 0.364. The van der Waals surface area contributed by atoms with Gasteiger partial charge in [0.25, 0.3) is 0 Å². The largest absolute Gasteiger partial charge is 0.392 e. The van der Waals surface area contributed by atoms with Crippen molar-refractivity contribution < 1.29 is 9.85 Å². The molecule has 0 spiro atoms. The maximum absolute atomic E-state index is 11.2. The second-order valence-electron chi connectivity index (χ2n) is 3.85. The summed E-state index contributed by atoms with van der Waals surface area (Å²) >= 11 is 0. The molecule has 0 aliphatic heterocycles. The lowest BCUT2D eigenvalue weighted by atomic mass is 10.1. The van der Waals surface area contributed by atoms with Crippen LogP contribution in [0.1, 0.15) is 19.4 Å². The second kappa shape index (κ2) is 5.83. The van der Waals surface area contributed by atoms with E-state index in [0.29, 0.717) is 13.1 Å². The molecule has 2 N–H and O–H groups in total. The topological polar surface area (TPSA) is 139 Å². The van der Waals surface area contributed by atoms with Crippen LogP contribution in [0.3, 0.4) is 0 Å². The van der Waals surface area contributed by atoms with E-state index in [4.69, 9.17) is 11.0 Å². The van der Waals surface area contributed by atoms with Gasteiger partial charge in [-0.1, -0.05) is 0 Å². The maximum atomic E-state index is 11.2. The Kier molecular flexibility index (Phi) is 4.42. The predicted molar refractivity (Wildman–Crippen MR) is 72.4 cm³/mol. The zero-order valence-electron chi connectivity index (χ0n) is 11.0. The van der Waals surface area contributed by atoms with Crippen molar-refractivity contribution >= 4 is 22.7 Å². The van der Waals surface area contributed by atoms with Gasteiger partial charge in [0.05, 0.1) is 15.4 Å². The number of nitrogens with zero attached hydrogens (tertiary/aromatic N) is 4. The van der Waals surface area contributed by atoms with E-state index < -0.39 is 21.2 Å². The van der Waals surface area contributed by atoms with Gasteiger partial charge in [0.1, 0.15) is 11.8 Å². The van der Waals surface area contributed by atoms with Crippen LogP contribution in [0.25, 0.3) is 0 Å². The summed E-state index contributed by atoms with van der Waals surface area (Å²) in [4.78, 5) is 22.2. The summed E-state index contributed by atoms with van der Waals surface area (Å²) in [7, 11) is 0. The SMILES string of the molecule is CCN(CC)c1c([N+](=O)[O-])cc(C#N)c(N)c1[N+](=O)[O-]. The van der Waals surface area contributed by atoms with Crippen LogP contribution in [0.15, 0.2) is 6.07 Å². The Hall–Kier alpha value is -2.89. The summed E-state index contributed by atoms with van der Waals surface area (Å²) in [6.45, 7) is 4.10. The van der Waals surface area contributed by atoms with Crippen LogP contribution in [0.5, 0.6) is 0 Å². The van der Waals surface area contributed by atoms with Crippen molar-refractivity contribution in [1.82, 2.24) is 0 Å². The van der Waals surface area contributed by atoms with Gasteiger partial charge in [0.2, 0.25) is 0 Å². The molecule has 0 radical (unpaired) electrons. The molecule has 0 atom stereocenters. The molecule has 0 aliphatic carbocycles. The van der Waals surface area contributed by atoms with Crippen molar-refractivity contribution in [3.8, 4) is 6.07 Å². The molecule has 9 nitrogen and oxygen atoms in total. The molecule has 0 fully saturated rings. The third-order valence-corrected chi connectivity index (χ3v) is 2.87. The Morgan fingerprint density at radius 2 is 1.85 bits per heavy atom. The Morgan fingerprint density at radius 1 is 1.30 bits per heavy atom. The van der Waals surface area contributed by atoms with Crippen LogP contribution >= 0.6 is 0 Å². The van der Waals surface area contributed by atoms with E-state index >= 15 is 0 Å². The number of nitriles is 1. The van der Waals surface area contributed by atoms with Gasteiger partial charge in [-0.05, 0) is 13.8 Å². The van der Waals surface area contributed by atoms with E-state index in [2.05, 4.69) is 0 Å². The van der Waals surface area contributed by atoms with Crippen LogP contribution in [-0.4, -0.2) is 22.9 Å². The smallest absolute Gasteiger partial charge is 0.323 e. The highest BCUT2D eigenvalue weighted by atomic mass is 16.6. The number of nitro benzene ring substituents is 2. The maximum Gasteiger partial charge on any atom is 0.323 e. The van der Waals surface area contributed by atoms with Gasteiger partial charge in [-0.15, -0.1) is 0 Å². The van der Waals surface area contributed by atoms with Crippen LogP contribution in [0.4, 0.5) is 22.7 Å². The second-order valence-corrected chi connectivity index (χ2v) is 3.85. The lowest BCUT2D eigenvalue weighted by Gasteiger charge is -2.21. The first-order valence-electron chi connectivity index (χ1n) is 5.79. The van der Waals surface area contributed by atoms with Gasteiger partial charge in [0, 0.05) is 19.2 Å². The minimum Gasteiger partial charge on any atom is -0.392 e. The van der Waals surface area contributed by atoms with E-state index in [9.17, 15) is 20.2 Å². The molecule has 1 aromatic carbocycles. The van der Waals surface area contributed by atoms with E-state index in [0.717, 1.165) is 6.07 Å². The lowest BCUT2D eigenvalue weighted by Crippen LogP contribution is -2.24. The van der Waals surface area contributed by atoms with Crippen molar-refractivity contribution in [2.45, 2.75) is 13.8 Å². The molecule has 0 saturated heterocycles. The first kappa shape index (κ1) is 15.2. The highest BCUT2D eigenvalue weighted by molar-refractivity contribution is 5.87. The Balaban J connectivity index is 3.85. The number of nitro groups is 2. The molecular weight excluding hydrogens is 266 g/mol. The normalized spacial score (nSPS) is 9.85. The van der Waals surface area contributed by atoms with E-state index in [1.807, 2.05) is 0 Å². The summed E-state index contributed by atoms with van der Waals surface area (Å²) in [5.74, 6) is 0. The minimum atomic E-state index is -0.795. The molecule has 9 heteroatoms. The van der Waals surface area contributed by atoms with Crippen molar-refractivity contribution in [3.63, 3.8) is 0 Å². The van der Waals surface area contributed by atoms with Gasteiger partial charge in [-0.25, -0.2) is 0 Å². The molecule has 1 rings (SSSR count). The predicted octanol–water partition coefficient (Wildman–Crippen LogP) is 1.80. The molecule has 0 amide bonds. The molecule has 0 bridgehead atoms. The highest BCUT2D eigenvalue weighted by Gasteiger charge is 2.33. The molecule has 0 saturated carbocycles. The van der Waals surface area contributed by atoms with Gasteiger partial charge >= 0.3 is 11.4 Å². The molecule has 0 aliphatic rings. The van der Waals surface area contributed by atoms with Gasteiger partial charge in [-0.2, -0.15) is 5.26 Å². The number of nitrogens with two attached hydrogens (primary N) is 1. The summed E-state index contributed by atoms with van der Waals surface area (Å²) in [5.41, 5.74) is 3.71. The van der Waals surface area contributed by atoms with Crippen molar-refractivity contribution in [2.75, 3.05) is 23.7 Å². The first-order valence-corrected chi connectivity index (χ1v) is 5.79. The third kappa shape index (κ3) is 2.44. The van der Waals surface area contributed by atoms with E-state index in [1.54, 1.807) is 19.9 Å². The molecule has 0 heterocycles. The fourth-order valence-corrected chi connectivity index (χ4v) is 1.93. The molecular formula is C11H13N5O4. The summed E-state index contributed by atoms with van der Waals surface area (Å²) < 4.78 is 0. The summed E-state index contributed by atoms with van der Waals surface area (Å²) in [6.07, 6.45) is 0. The van der Waals surface area contributed by atoms with Crippen molar-refractivity contribution in [1.29, 1.82) is 5.26 Å². The van der Waals surface area contributed by atoms with Crippen molar-refractivity contribution in [2.24, 2.45) is 0 Å². The van der Waals surface area contributed by atoms with Gasteiger partial charge in [0.15, 0.2) is 5.69 Å². The Labute approximate surface area is 114 Å². The van der Waals surface area contributed by atoms with Crippen LogP contribution in [0.2, 0.25) is 0 Å². The van der Waals surface area contributed by atoms with Crippen LogP contribution in [-0.2, 0) is 0 Å². The van der Waals surface area contributed by atoms with E-state index in [1.165, 1.54) is 4.90 Å². The summed E-state index contributed by atoms with van der Waals surface area (Å²) in [5, 5.41) is 31.2. The summed E-state index contributed by atoms with van der Waals surface area (Å²) in [6, 6.07) is 2.60. The van der Waals surface area contributed by atoms with Gasteiger partial charge in [-0.3, -0.25) is 20.2 Å². The molecule has 0 aromatic heterocycles. The third-order valence-electron chi connectivity index (χ3n) is 2.87. The molecule has 106 valence electrons. The number of nitrogen functional groups attached to an aromatic ring is 1. The quantitative estimate of drug-likeness (QED) is 0.492. The average molecular weight is 279 g/mol. The highest BCUT2D eigenvalue weighted by Crippen LogP contribution is 2.43. The van der Waals surface area contributed by atoms with Crippen molar-refractivity contribution in [3.05, 3.63) is 31.9 Å². The van der Waals surface area contributed by atoms with Crippen LogP contribution < -0.4 is 10.6 Å². The molecule has 1 aromatic rings. The average Bonchev–Trinajstić information content (AvgIpc) is 2.39. The van der Waals surface area contributed by atoms with Crippen LogP contribution in [0, 0.1) is 31.6 Å². The number of benzene rings is 1. The zero-order valence-corrected chi connectivity index (χ0v) is 11.0. The fourth-order valence-electron chi connectivity index (χ4n) is 1.93. The van der Waals surface area contributed by atoms with Gasteiger partial charge < -0.3 is 10.6 Å². The monoisotopic (exact) mass is 279 g/mol. The van der Waals surface area contributed by atoms with E-state index in [-0.39, 0.29) is 16.9 Å². The lowest BCUT2D eigenvalue weighted by molar-refractivity contribution is -0.392. The molecule has 20 heavy (non-hydrogen) atoms. The number of rotatable bonds is 5. The Morgan fingerprint density at radius 3 is 2.20 bits per heavy atom. The standard InChI is InChI=1S/C11H13N5O4/c1-3-14(4-2)10-8(15(17)18)5-7(6-12)9(13)11(10)16(19)20/h5H,3-4,13H2,1-2H3. The number of hydrogen-bond donors (Lipinski definition) is 1. The minimum absolute atomic E-state index is 0.165. The number of hydrogen-bond acceptors (Lipinski definition) is 7.